The lowest BCUT2D eigenvalue weighted by molar-refractivity contribution is -0.138. The maximum absolute atomic E-state index is 13.1. The molecule has 0 spiro atoms. The average molecular weight is 446 g/mol. The van der Waals surface area contributed by atoms with Crippen LogP contribution >= 0.6 is 0 Å². The molecule has 0 saturated carbocycles. The Morgan fingerprint density at radius 3 is 2.12 bits per heavy atom. The van der Waals surface area contributed by atoms with E-state index in [2.05, 4.69) is 41.2 Å². The van der Waals surface area contributed by atoms with E-state index < -0.39 is 36.4 Å². The molecular weight excluding hydrogens is 420 g/mol. The molecule has 1 fully saturated rings. The number of carboxylic acid groups (broad SMARTS) is 1. The number of imidazole rings is 2. The summed E-state index contributed by atoms with van der Waals surface area (Å²) in [5.74, 6) is -2.76. The minimum atomic E-state index is -1.21. The number of aliphatic carboxylic acids is 1. The fourth-order valence-electron chi connectivity index (χ4n) is 3.39. The van der Waals surface area contributed by atoms with Gasteiger partial charge in [-0.15, -0.1) is 0 Å². The van der Waals surface area contributed by atoms with Crippen molar-refractivity contribution in [2.45, 2.75) is 43.8 Å². The Balaban J connectivity index is 1.72. The van der Waals surface area contributed by atoms with Crippen molar-refractivity contribution in [3.63, 3.8) is 0 Å². The Morgan fingerprint density at radius 1 is 1.00 bits per heavy atom. The van der Waals surface area contributed by atoms with Crippen LogP contribution in [0.1, 0.15) is 24.2 Å². The predicted molar refractivity (Wildman–Crippen MR) is 110 cm³/mol. The molecule has 13 heteroatoms. The SMILES string of the molecule is O=C(O)CNC(=O)C(Cc1cnc[nH]1)NC(=O)C(Cc1cnc[nH]1)NC(=O)C1CCCN1. The second kappa shape index (κ2) is 11.0. The van der Waals surface area contributed by atoms with E-state index in [0.29, 0.717) is 17.8 Å². The molecule has 3 unspecified atom stereocenters. The first-order valence-corrected chi connectivity index (χ1v) is 10.2. The molecule has 172 valence electrons. The molecule has 0 radical (unpaired) electrons. The first-order chi connectivity index (χ1) is 15.4. The number of carbonyl (C=O) groups is 4. The van der Waals surface area contributed by atoms with E-state index in [4.69, 9.17) is 5.11 Å². The molecule has 7 N–H and O–H groups in total. The maximum atomic E-state index is 13.1. The summed E-state index contributed by atoms with van der Waals surface area (Å²) in [5.41, 5.74) is 1.20. The normalized spacial score (nSPS) is 17.3. The van der Waals surface area contributed by atoms with Crippen LogP contribution in [0.4, 0.5) is 0 Å². The van der Waals surface area contributed by atoms with Crippen molar-refractivity contribution >= 4 is 23.7 Å². The minimum Gasteiger partial charge on any atom is -0.480 e. The third kappa shape index (κ3) is 6.63. The molecule has 3 heterocycles. The van der Waals surface area contributed by atoms with Gasteiger partial charge in [-0.05, 0) is 19.4 Å². The summed E-state index contributed by atoms with van der Waals surface area (Å²) >= 11 is 0. The summed E-state index contributed by atoms with van der Waals surface area (Å²) in [6.45, 7) is 0.140. The van der Waals surface area contributed by atoms with Crippen LogP contribution in [0.5, 0.6) is 0 Å². The fraction of sp³-hybridized carbons (Fsp3) is 0.474. The van der Waals surface area contributed by atoms with Crippen LogP contribution in [0, 0.1) is 0 Å². The lowest BCUT2D eigenvalue weighted by Gasteiger charge is -2.23. The van der Waals surface area contributed by atoms with Crippen molar-refractivity contribution in [2.75, 3.05) is 13.1 Å². The quantitative estimate of drug-likeness (QED) is 0.203. The van der Waals surface area contributed by atoms with Crippen LogP contribution in [0.2, 0.25) is 0 Å². The molecule has 1 aliphatic rings. The molecule has 13 nitrogen and oxygen atoms in total. The fourth-order valence-corrected chi connectivity index (χ4v) is 3.39. The highest BCUT2D eigenvalue weighted by atomic mass is 16.4. The van der Waals surface area contributed by atoms with Gasteiger partial charge in [0.25, 0.3) is 0 Å². The molecule has 3 rings (SSSR count). The van der Waals surface area contributed by atoms with Crippen molar-refractivity contribution in [3.8, 4) is 0 Å². The number of hydrogen-bond acceptors (Lipinski definition) is 7. The number of aromatic nitrogens is 4. The first-order valence-electron chi connectivity index (χ1n) is 10.2. The van der Waals surface area contributed by atoms with Crippen LogP contribution in [-0.2, 0) is 32.0 Å². The summed E-state index contributed by atoms with van der Waals surface area (Å²) in [5, 5.41) is 19.6. The number of carbonyl (C=O) groups excluding carboxylic acids is 3. The molecule has 32 heavy (non-hydrogen) atoms. The van der Waals surface area contributed by atoms with Crippen LogP contribution < -0.4 is 21.3 Å². The molecule has 3 amide bonds. The summed E-state index contributed by atoms with van der Waals surface area (Å²) in [6.07, 6.45) is 7.67. The number of hydrogen-bond donors (Lipinski definition) is 7. The first kappa shape index (κ1) is 22.9. The Kier molecular flexibility index (Phi) is 7.91. The molecule has 2 aromatic rings. The molecule has 0 aliphatic carbocycles. The molecule has 1 saturated heterocycles. The van der Waals surface area contributed by atoms with Gasteiger partial charge in [0.15, 0.2) is 0 Å². The van der Waals surface area contributed by atoms with Crippen molar-refractivity contribution in [1.82, 2.24) is 41.2 Å². The lowest BCUT2D eigenvalue weighted by atomic mass is 10.1. The zero-order chi connectivity index (χ0) is 22.9. The third-order valence-electron chi connectivity index (χ3n) is 5.01. The highest BCUT2D eigenvalue weighted by Crippen LogP contribution is 2.07. The molecule has 0 bridgehead atoms. The predicted octanol–water partition coefficient (Wildman–Crippen LogP) is -2.16. The van der Waals surface area contributed by atoms with Gasteiger partial charge in [0, 0.05) is 36.6 Å². The van der Waals surface area contributed by atoms with Gasteiger partial charge in [0.2, 0.25) is 17.7 Å². The zero-order valence-electron chi connectivity index (χ0n) is 17.3. The Bertz CT molecular complexity index is 908. The van der Waals surface area contributed by atoms with Gasteiger partial charge in [-0.2, -0.15) is 0 Å². The summed E-state index contributed by atoms with van der Waals surface area (Å²) in [7, 11) is 0. The largest absolute Gasteiger partial charge is 0.480 e. The van der Waals surface area contributed by atoms with Gasteiger partial charge in [0.05, 0.1) is 18.7 Å². The number of nitrogens with one attached hydrogen (secondary N) is 6. The average Bonchev–Trinajstić information content (AvgIpc) is 3.54. The number of amides is 3. The standard InChI is InChI=1S/C19H26N8O5/c28-16(29)8-23-17(30)14(4-11-6-20-9-24-11)26-19(32)15(5-12-7-21-10-25-12)27-18(31)13-2-1-3-22-13/h6-7,9-10,13-15,22H,1-5,8H2,(H,20,24)(H,21,25)(H,23,30)(H,26,32)(H,27,31)(H,28,29). The summed E-state index contributed by atoms with van der Waals surface area (Å²) in [6, 6.07) is -2.43. The van der Waals surface area contributed by atoms with E-state index in [1.54, 1.807) is 6.20 Å². The van der Waals surface area contributed by atoms with Gasteiger partial charge in [-0.3, -0.25) is 19.2 Å². The van der Waals surface area contributed by atoms with E-state index in [1.807, 2.05) is 0 Å². The van der Waals surface area contributed by atoms with Crippen molar-refractivity contribution in [1.29, 1.82) is 0 Å². The van der Waals surface area contributed by atoms with Gasteiger partial charge in [0.1, 0.15) is 18.6 Å². The van der Waals surface area contributed by atoms with Crippen molar-refractivity contribution in [2.24, 2.45) is 0 Å². The van der Waals surface area contributed by atoms with Crippen LogP contribution in [0.15, 0.2) is 25.0 Å². The van der Waals surface area contributed by atoms with Crippen molar-refractivity contribution < 1.29 is 24.3 Å². The second-order valence-electron chi connectivity index (χ2n) is 7.44. The number of carboxylic acids is 1. The van der Waals surface area contributed by atoms with Gasteiger partial charge >= 0.3 is 5.97 Å². The summed E-state index contributed by atoms with van der Waals surface area (Å²) < 4.78 is 0. The Labute approximate surface area is 183 Å². The van der Waals surface area contributed by atoms with Crippen LogP contribution in [0.3, 0.4) is 0 Å². The maximum Gasteiger partial charge on any atom is 0.322 e. The zero-order valence-corrected chi connectivity index (χ0v) is 17.3. The molecule has 1 aliphatic heterocycles. The van der Waals surface area contributed by atoms with E-state index in [9.17, 15) is 19.2 Å². The highest BCUT2D eigenvalue weighted by Gasteiger charge is 2.30. The topological polar surface area (TPSA) is 194 Å². The Hall–Kier alpha value is -3.74. The number of rotatable bonds is 11. The number of nitrogens with zero attached hydrogens (tertiary/aromatic N) is 2. The number of H-pyrrole nitrogens is 2. The summed E-state index contributed by atoms with van der Waals surface area (Å²) in [4.78, 5) is 62.6. The van der Waals surface area contributed by atoms with Gasteiger partial charge < -0.3 is 36.3 Å². The monoisotopic (exact) mass is 446 g/mol. The molecule has 2 aromatic heterocycles. The van der Waals surface area contributed by atoms with E-state index in [1.165, 1.54) is 18.9 Å². The lowest BCUT2D eigenvalue weighted by Crippen LogP contribution is -2.57. The Morgan fingerprint density at radius 2 is 1.62 bits per heavy atom. The van der Waals surface area contributed by atoms with Crippen LogP contribution in [-0.4, -0.2) is 79.9 Å². The second-order valence-corrected chi connectivity index (χ2v) is 7.44. The van der Waals surface area contributed by atoms with E-state index in [-0.39, 0.29) is 24.8 Å². The molecule has 3 atom stereocenters. The third-order valence-corrected chi connectivity index (χ3v) is 5.01. The molecular formula is C19H26N8O5. The smallest absolute Gasteiger partial charge is 0.322 e. The van der Waals surface area contributed by atoms with Crippen LogP contribution in [0.25, 0.3) is 0 Å². The van der Waals surface area contributed by atoms with Gasteiger partial charge in [-0.1, -0.05) is 0 Å². The highest BCUT2D eigenvalue weighted by molar-refractivity contribution is 5.94. The van der Waals surface area contributed by atoms with Gasteiger partial charge in [-0.25, -0.2) is 9.97 Å². The molecule has 0 aromatic carbocycles. The van der Waals surface area contributed by atoms with E-state index >= 15 is 0 Å². The number of aromatic amines is 2. The van der Waals surface area contributed by atoms with Crippen molar-refractivity contribution in [3.05, 3.63) is 36.4 Å². The minimum absolute atomic E-state index is 0.0616. The van der Waals surface area contributed by atoms with E-state index in [0.717, 1.165) is 13.0 Å².